The van der Waals surface area contributed by atoms with E-state index in [4.69, 9.17) is 20.9 Å². The largest absolute Gasteiger partial charge is 0.490 e. The molecule has 2 fully saturated rings. The number of rotatable bonds is 8. The first-order chi connectivity index (χ1) is 18.5. The highest BCUT2D eigenvalue weighted by molar-refractivity contribution is 5.92. The Morgan fingerprint density at radius 3 is 2.21 bits per heavy atom. The van der Waals surface area contributed by atoms with E-state index in [0.29, 0.717) is 36.7 Å². The molecule has 208 valence electrons. The van der Waals surface area contributed by atoms with E-state index in [2.05, 4.69) is 11.0 Å². The first kappa shape index (κ1) is 29.6. The predicted molar refractivity (Wildman–Crippen MR) is 136 cm³/mol. The van der Waals surface area contributed by atoms with Crippen LogP contribution < -0.4 is 5.73 Å². The molecule has 2 saturated heterocycles. The maximum absolute atomic E-state index is 12.6. The lowest BCUT2D eigenvalue weighted by atomic mass is 9.84. The number of alkyl halides is 3. The van der Waals surface area contributed by atoms with Gasteiger partial charge in [-0.15, -0.1) is 0 Å². The highest BCUT2D eigenvalue weighted by Crippen LogP contribution is 2.43. The topological polar surface area (TPSA) is 128 Å². The fraction of sp³-hybridized carbons (Fsp3) is 0.429. The highest BCUT2D eigenvalue weighted by atomic mass is 19.4. The number of aliphatic carboxylic acids is 1. The molecule has 0 saturated carbocycles. The molecule has 3 atom stereocenters. The molecule has 3 N–H and O–H groups in total. The van der Waals surface area contributed by atoms with E-state index in [1.165, 1.54) is 18.4 Å². The summed E-state index contributed by atoms with van der Waals surface area (Å²) >= 11 is 0. The Bertz CT molecular complexity index is 1190. The van der Waals surface area contributed by atoms with Crippen molar-refractivity contribution in [2.24, 2.45) is 5.73 Å². The second-order valence-corrected chi connectivity index (χ2v) is 9.72. The van der Waals surface area contributed by atoms with E-state index >= 15 is 0 Å². The molecule has 2 heterocycles. The summed E-state index contributed by atoms with van der Waals surface area (Å²) in [6.07, 6.45) is -0.714. The molecule has 2 aromatic carbocycles. The van der Waals surface area contributed by atoms with Crippen molar-refractivity contribution >= 4 is 17.8 Å². The Morgan fingerprint density at radius 1 is 1.05 bits per heavy atom. The van der Waals surface area contributed by atoms with Gasteiger partial charge in [-0.3, -0.25) is 14.5 Å². The molecule has 2 bridgehead atoms. The van der Waals surface area contributed by atoms with Crippen LogP contribution in [0.1, 0.15) is 59.5 Å². The summed E-state index contributed by atoms with van der Waals surface area (Å²) in [7, 11) is 0. The van der Waals surface area contributed by atoms with E-state index in [9.17, 15) is 22.8 Å². The second kappa shape index (κ2) is 13.2. The van der Waals surface area contributed by atoms with Gasteiger partial charge in [-0.1, -0.05) is 42.5 Å². The lowest BCUT2D eigenvalue weighted by Crippen LogP contribution is -2.46. The lowest BCUT2D eigenvalue weighted by molar-refractivity contribution is -0.192. The monoisotopic (exact) mass is 544 g/mol. The van der Waals surface area contributed by atoms with Crippen molar-refractivity contribution < 1.29 is 32.7 Å². The quantitative estimate of drug-likeness (QED) is 0.516. The standard InChI is InChI=1S/C26H30N4O2.C2HF3O2/c27-12-11-25(31)29(18-19-5-2-1-3-6-19)13-14-30-23-9-10-24(30)17-22(16-23)20-7-4-8-21(15-20)26(28)32;3-2(4,5)1(6)7/h1-8,15,22-24H,9-11,13-14,16-18H2,(H2,28,32);(H,6,7)/t22?,23-,24+;. The SMILES string of the molecule is N#CCC(=O)N(CCN1[C@@H]2CC[C@H]1CC(c1cccc(C(N)=O)c1)C2)Cc1ccccc1.O=C(O)C(F)(F)F. The number of carbonyl (C=O) groups is 3. The van der Waals surface area contributed by atoms with Crippen molar-refractivity contribution in [2.45, 2.75) is 62.8 Å². The highest BCUT2D eigenvalue weighted by Gasteiger charge is 2.41. The maximum Gasteiger partial charge on any atom is 0.490 e. The first-order valence-corrected chi connectivity index (χ1v) is 12.6. The third-order valence-electron chi connectivity index (χ3n) is 7.20. The molecule has 0 aliphatic carbocycles. The van der Waals surface area contributed by atoms with Gasteiger partial charge in [0.1, 0.15) is 6.42 Å². The molecule has 0 spiro atoms. The molecule has 2 amide bonds. The average Bonchev–Trinajstić information content (AvgIpc) is 3.13. The number of primary amides is 1. The number of amides is 2. The van der Waals surface area contributed by atoms with Gasteiger partial charge in [-0.05, 0) is 54.9 Å². The molecular formula is C28H31F3N4O4. The Labute approximate surface area is 224 Å². The van der Waals surface area contributed by atoms with Crippen LogP contribution in [0, 0.1) is 11.3 Å². The van der Waals surface area contributed by atoms with Gasteiger partial charge in [0.25, 0.3) is 0 Å². The molecule has 0 radical (unpaired) electrons. The number of carboxylic acids is 1. The van der Waals surface area contributed by atoms with Gasteiger partial charge in [0, 0.05) is 37.3 Å². The van der Waals surface area contributed by atoms with E-state index in [1.807, 2.05) is 53.4 Å². The maximum atomic E-state index is 12.6. The number of fused-ring (bicyclic) bond motifs is 2. The summed E-state index contributed by atoms with van der Waals surface area (Å²) in [5, 5.41) is 16.1. The number of hydrogen-bond donors (Lipinski definition) is 2. The molecule has 11 heteroatoms. The molecule has 0 aromatic heterocycles. The summed E-state index contributed by atoms with van der Waals surface area (Å²) in [4.78, 5) is 37.4. The smallest absolute Gasteiger partial charge is 0.475 e. The van der Waals surface area contributed by atoms with Crippen LogP contribution in [0.2, 0.25) is 0 Å². The predicted octanol–water partition coefficient (Wildman–Crippen LogP) is 4.07. The van der Waals surface area contributed by atoms with Crippen molar-refractivity contribution in [2.75, 3.05) is 13.1 Å². The molecular weight excluding hydrogens is 513 g/mol. The van der Waals surface area contributed by atoms with Gasteiger partial charge in [0.2, 0.25) is 11.8 Å². The summed E-state index contributed by atoms with van der Waals surface area (Å²) in [6, 6.07) is 20.7. The summed E-state index contributed by atoms with van der Waals surface area (Å²) in [5.41, 5.74) is 8.32. The fourth-order valence-electron chi connectivity index (χ4n) is 5.37. The third kappa shape index (κ3) is 8.29. The van der Waals surface area contributed by atoms with Crippen LogP contribution in [0.5, 0.6) is 0 Å². The molecule has 8 nitrogen and oxygen atoms in total. The number of nitrogens with two attached hydrogens (primary N) is 1. The minimum absolute atomic E-state index is 0.0853. The van der Waals surface area contributed by atoms with E-state index in [-0.39, 0.29) is 18.2 Å². The number of hydrogen-bond acceptors (Lipinski definition) is 5. The fourth-order valence-corrected chi connectivity index (χ4v) is 5.37. The van der Waals surface area contributed by atoms with E-state index in [0.717, 1.165) is 24.9 Å². The molecule has 2 aromatic rings. The normalized spacial score (nSPS) is 20.3. The van der Waals surface area contributed by atoms with Crippen molar-refractivity contribution in [3.63, 3.8) is 0 Å². The Hall–Kier alpha value is -3.91. The summed E-state index contributed by atoms with van der Waals surface area (Å²) in [6.45, 7) is 1.99. The van der Waals surface area contributed by atoms with Crippen LogP contribution in [0.4, 0.5) is 13.2 Å². The van der Waals surface area contributed by atoms with Crippen LogP contribution in [0.3, 0.4) is 0 Å². The zero-order chi connectivity index (χ0) is 28.6. The Kier molecular flexibility index (Phi) is 10.1. The number of nitriles is 1. The Morgan fingerprint density at radius 2 is 1.67 bits per heavy atom. The number of carboxylic acid groups (broad SMARTS) is 1. The number of halogens is 3. The lowest BCUT2D eigenvalue weighted by Gasteiger charge is -2.40. The zero-order valence-corrected chi connectivity index (χ0v) is 21.3. The van der Waals surface area contributed by atoms with Gasteiger partial charge < -0.3 is 15.7 Å². The van der Waals surface area contributed by atoms with Gasteiger partial charge in [0.05, 0.1) is 6.07 Å². The van der Waals surface area contributed by atoms with Crippen molar-refractivity contribution in [1.82, 2.24) is 9.80 Å². The number of carbonyl (C=O) groups excluding carboxylic acids is 2. The van der Waals surface area contributed by atoms with E-state index in [1.54, 1.807) is 6.07 Å². The molecule has 2 aliphatic heterocycles. The molecule has 4 rings (SSSR count). The zero-order valence-electron chi connectivity index (χ0n) is 21.3. The first-order valence-electron chi connectivity index (χ1n) is 12.6. The molecule has 1 unspecified atom stereocenters. The van der Waals surface area contributed by atoms with Crippen molar-refractivity contribution in [3.05, 3.63) is 71.3 Å². The minimum Gasteiger partial charge on any atom is -0.475 e. The van der Waals surface area contributed by atoms with Crippen LogP contribution in [0.15, 0.2) is 54.6 Å². The number of piperidine rings is 1. The van der Waals surface area contributed by atoms with Gasteiger partial charge in [-0.25, -0.2) is 4.79 Å². The minimum atomic E-state index is -5.08. The van der Waals surface area contributed by atoms with Crippen molar-refractivity contribution in [1.29, 1.82) is 5.26 Å². The van der Waals surface area contributed by atoms with Gasteiger partial charge >= 0.3 is 12.1 Å². The Balaban J connectivity index is 0.000000532. The van der Waals surface area contributed by atoms with Gasteiger partial charge in [-0.2, -0.15) is 18.4 Å². The van der Waals surface area contributed by atoms with Crippen LogP contribution in [0.25, 0.3) is 0 Å². The molecule has 2 aliphatic rings. The van der Waals surface area contributed by atoms with Crippen LogP contribution >= 0.6 is 0 Å². The summed E-state index contributed by atoms with van der Waals surface area (Å²) in [5.74, 6) is -2.81. The molecule has 39 heavy (non-hydrogen) atoms. The number of nitrogens with zero attached hydrogens (tertiary/aromatic N) is 3. The van der Waals surface area contributed by atoms with E-state index < -0.39 is 12.1 Å². The average molecular weight is 545 g/mol. The third-order valence-corrected chi connectivity index (χ3v) is 7.20. The van der Waals surface area contributed by atoms with Crippen LogP contribution in [-0.4, -0.2) is 64.0 Å². The van der Waals surface area contributed by atoms with Gasteiger partial charge in [0.15, 0.2) is 0 Å². The second-order valence-electron chi connectivity index (χ2n) is 9.72. The van der Waals surface area contributed by atoms with Crippen LogP contribution in [-0.2, 0) is 16.1 Å². The van der Waals surface area contributed by atoms with Crippen molar-refractivity contribution in [3.8, 4) is 6.07 Å². The number of benzene rings is 2. The summed E-state index contributed by atoms with van der Waals surface area (Å²) < 4.78 is 31.7.